The highest BCUT2D eigenvalue weighted by Gasteiger charge is 2.12. The van der Waals surface area contributed by atoms with Crippen molar-refractivity contribution in [1.82, 2.24) is 0 Å². The molecule has 7 nitrogen and oxygen atoms in total. The Morgan fingerprint density at radius 1 is 1.19 bits per heavy atom. The number of carbonyl (C=O) groups excluding carboxylic acids is 1. The predicted octanol–water partition coefficient (Wildman–Crippen LogP) is 4.70. The number of nitro groups is 1. The number of halogens is 1. The first-order valence-corrected chi connectivity index (χ1v) is 8.65. The number of nitro benzene ring substituents is 1. The van der Waals surface area contributed by atoms with Crippen molar-refractivity contribution in [1.29, 1.82) is 0 Å². The van der Waals surface area contributed by atoms with Crippen molar-refractivity contribution in [3.63, 3.8) is 0 Å². The van der Waals surface area contributed by atoms with Crippen LogP contribution in [0.15, 0.2) is 42.5 Å². The number of benzene rings is 2. The Morgan fingerprint density at radius 2 is 1.93 bits per heavy atom. The standard InChI is InChI=1S/C19H19ClN2O5/c1-3-26-14-7-9-18(27-4-2)16(12-14)21-19(23)10-6-13-5-8-15(20)17(11-13)22(24)25/h5-12H,3-4H2,1-2H3,(H,21,23)/b10-6+. The van der Waals surface area contributed by atoms with E-state index in [1.165, 1.54) is 24.3 Å². The van der Waals surface area contributed by atoms with Crippen LogP contribution in [0.3, 0.4) is 0 Å². The summed E-state index contributed by atoms with van der Waals surface area (Å²) in [6, 6.07) is 9.44. The highest BCUT2D eigenvalue weighted by Crippen LogP contribution is 2.30. The predicted molar refractivity (Wildman–Crippen MR) is 105 cm³/mol. The minimum absolute atomic E-state index is 0.0377. The number of carbonyl (C=O) groups is 1. The largest absolute Gasteiger partial charge is 0.494 e. The average molecular weight is 391 g/mol. The minimum atomic E-state index is -0.576. The maximum atomic E-state index is 12.2. The van der Waals surface area contributed by atoms with Crippen LogP contribution >= 0.6 is 11.6 Å². The normalized spacial score (nSPS) is 10.6. The zero-order valence-corrected chi connectivity index (χ0v) is 15.7. The van der Waals surface area contributed by atoms with Crippen LogP contribution in [0, 0.1) is 10.1 Å². The van der Waals surface area contributed by atoms with Gasteiger partial charge in [-0.05, 0) is 43.7 Å². The van der Waals surface area contributed by atoms with Crippen molar-refractivity contribution in [2.45, 2.75) is 13.8 Å². The van der Waals surface area contributed by atoms with Crippen LogP contribution in [-0.2, 0) is 4.79 Å². The van der Waals surface area contributed by atoms with Crippen molar-refractivity contribution in [2.75, 3.05) is 18.5 Å². The highest BCUT2D eigenvalue weighted by atomic mass is 35.5. The molecule has 0 aliphatic heterocycles. The molecule has 0 saturated carbocycles. The molecule has 0 heterocycles. The lowest BCUT2D eigenvalue weighted by atomic mass is 10.2. The fraction of sp³-hybridized carbons (Fsp3) is 0.211. The molecule has 0 aromatic heterocycles. The van der Waals surface area contributed by atoms with Gasteiger partial charge in [0.1, 0.15) is 16.5 Å². The maximum absolute atomic E-state index is 12.2. The Labute approximate surface area is 161 Å². The SMILES string of the molecule is CCOc1ccc(OCC)c(NC(=O)/C=C/c2ccc(Cl)c([N+](=O)[O-])c2)c1. The number of anilines is 1. The van der Waals surface area contributed by atoms with Crippen LogP contribution < -0.4 is 14.8 Å². The summed E-state index contributed by atoms with van der Waals surface area (Å²) in [5, 5.41) is 13.7. The molecular weight excluding hydrogens is 372 g/mol. The molecule has 1 N–H and O–H groups in total. The molecule has 0 spiro atoms. The van der Waals surface area contributed by atoms with Gasteiger partial charge >= 0.3 is 0 Å². The Kier molecular flexibility index (Phi) is 7.19. The average Bonchev–Trinajstić information content (AvgIpc) is 2.63. The number of ether oxygens (including phenoxy) is 2. The van der Waals surface area contributed by atoms with Gasteiger partial charge in [0.05, 0.1) is 23.8 Å². The van der Waals surface area contributed by atoms with Crippen molar-refractivity contribution in [2.24, 2.45) is 0 Å². The van der Waals surface area contributed by atoms with Gasteiger partial charge in [-0.3, -0.25) is 14.9 Å². The first-order valence-electron chi connectivity index (χ1n) is 8.27. The molecular formula is C19H19ClN2O5. The van der Waals surface area contributed by atoms with Gasteiger partial charge in [-0.1, -0.05) is 17.7 Å². The summed E-state index contributed by atoms with van der Waals surface area (Å²) in [4.78, 5) is 22.6. The number of hydrogen-bond acceptors (Lipinski definition) is 5. The fourth-order valence-corrected chi connectivity index (χ4v) is 2.45. The van der Waals surface area contributed by atoms with E-state index in [-0.39, 0.29) is 10.7 Å². The van der Waals surface area contributed by atoms with E-state index in [9.17, 15) is 14.9 Å². The number of nitrogens with zero attached hydrogens (tertiary/aromatic N) is 1. The van der Waals surface area contributed by atoms with Crippen LogP contribution in [-0.4, -0.2) is 24.0 Å². The third kappa shape index (κ3) is 5.72. The zero-order valence-electron chi connectivity index (χ0n) is 14.9. The molecule has 1 amide bonds. The molecule has 2 aromatic rings. The Morgan fingerprint density at radius 3 is 2.59 bits per heavy atom. The molecule has 27 heavy (non-hydrogen) atoms. The molecule has 0 atom stereocenters. The Bertz CT molecular complexity index is 867. The number of rotatable bonds is 8. The van der Waals surface area contributed by atoms with Crippen LogP contribution in [0.4, 0.5) is 11.4 Å². The molecule has 0 saturated heterocycles. The highest BCUT2D eigenvalue weighted by molar-refractivity contribution is 6.32. The summed E-state index contributed by atoms with van der Waals surface area (Å²) in [6.45, 7) is 4.65. The Hall–Kier alpha value is -3.06. The van der Waals surface area contributed by atoms with E-state index in [0.29, 0.717) is 36.0 Å². The van der Waals surface area contributed by atoms with Crippen molar-refractivity contribution >= 4 is 35.0 Å². The smallest absolute Gasteiger partial charge is 0.288 e. The van der Waals surface area contributed by atoms with Gasteiger partial charge in [-0.25, -0.2) is 0 Å². The third-order valence-electron chi connectivity index (χ3n) is 3.41. The summed E-state index contributed by atoms with van der Waals surface area (Å²) in [6.07, 6.45) is 2.74. The third-order valence-corrected chi connectivity index (χ3v) is 3.73. The second kappa shape index (κ2) is 9.59. The summed E-state index contributed by atoms with van der Waals surface area (Å²) < 4.78 is 10.9. The second-order valence-electron chi connectivity index (χ2n) is 5.31. The van der Waals surface area contributed by atoms with Gasteiger partial charge in [-0.2, -0.15) is 0 Å². The van der Waals surface area contributed by atoms with E-state index < -0.39 is 10.8 Å². The van der Waals surface area contributed by atoms with E-state index in [1.807, 2.05) is 13.8 Å². The van der Waals surface area contributed by atoms with Gasteiger partial charge in [0, 0.05) is 18.2 Å². The van der Waals surface area contributed by atoms with Gasteiger partial charge in [0.15, 0.2) is 0 Å². The van der Waals surface area contributed by atoms with Gasteiger partial charge in [0.25, 0.3) is 5.69 Å². The summed E-state index contributed by atoms with van der Waals surface area (Å²) >= 11 is 5.78. The van der Waals surface area contributed by atoms with E-state index in [4.69, 9.17) is 21.1 Å². The van der Waals surface area contributed by atoms with Gasteiger partial charge < -0.3 is 14.8 Å². The lowest BCUT2D eigenvalue weighted by Crippen LogP contribution is -2.10. The van der Waals surface area contributed by atoms with Crippen LogP contribution in [0.5, 0.6) is 11.5 Å². The van der Waals surface area contributed by atoms with Crippen LogP contribution in [0.2, 0.25) is 5.02 Å². The van der Waals surface area contributed by atoms with Gasteiger partial charge in [-0.15, -0.1) is 0 Å². The first-order chi connectivity index (χ1) is 12.9. The van der Waals surface area contributed by atoms with Crippen molar-refractivity contribution < 1.29 is 19.2 Å². The summed E-state index contributed by atoms with van der Waals surface area (Å²) in [7, 11) is 0. The zero-order chi connectivity index (χ0) is 19.8. The van der Waals surface area contributed by atoms with Crippen molar-refractivity contribution in [3.8, 4) is 11.5 Å². The van der Waals surface area contributed by atoms with Crippen molar-refractivity contribution in [3.05, 3.63) is 63.2 Å². The van der Waals surface area contributed by atoms with Crippen LogP contribution in [0.1, 0.15) is 19.4 Å². The minimum Gasteiger partial charge on any atom is -0.494 e. The molecule has 2 rings (SSSR count). The van der Waals surface area contributed by atoms with Crippen LogP contribution in [0.25, 0.3) is 6.08 Å². The molecule has 8 heteroatoms. The molecule has 142 valence electrons. The molecule has 0 unspecified atom stereocenters. The Balaban J connectivity index is 2.17. The van der Waals surface area contributed by atoms with E-state index in [1.54, 1.807) is 24.3 Å². The maximum Gasteiger partial charge on any atom is 0.288 e. The summed E-state index contributed by atoms with van der Waals surface area (Å²) in [5.74, 6) is 0.709. The topological polar surface area (TPSA) is 90.7 Å². The van der Waals surface area contributed by atoms with E-state index in [2.05, 4.69) is 5.32 Å². The first kappa shape index (κ1) is 20.3. The quantitative estimate of drug-likeness (QED) is 0.401. The number of nitrogens with one attached hydrogen (secondary N) is 1. The molecule has 0 fully saturated rings. The lowest BCUT2D eigenvalue weighted by Gasteiger charge is -2.12. The van der Waals surface area contributed by atoms with E-state index in [0.717, 1.165) is 0 Å². The fourth-order valence-electron chi connectivity index (χ4n) is 2.26. The number of amides is 1. The van der Waals surface area contributed by atoms with E-state index >= 15 is 0 Å². The number of hydrogen-bond donors (Lipinski definition) is 1. The molecule has 0 aliphatic rings. The molecule has 0 radical (unpaired) electrons. The summed E-state index contributed by atoms with van der Waals surface area (Å²) in [5.41, 5.74) is 0.733. The monoisotopic (exact) mass is 390 g/mol. The second-order valence-corrected chi connectivity index (χ2v) is 5.72. The molecule has 0 aliphatic carbocycles. The molecule has 0 bridgehead atoms. The lowest BCUT2D eigenvalue weighted by molar-refractivity contribution is -0.384. The van der Waals surface area contributed by atoms with Gasteiger partial charge in [0.2, 0.25) is 5.91 Å². The molecule has 2 aromatic carbocycles.